The molecule has 2 aromatic carbocycles. The molecule has 0 saturated heterocycles. The van der Waals surface area contributed by atoms with Gasteiger partial charge >= 0.3 is 0 Å². The number of benzene rings is 2. The second kappa shape index (κ2) is 7.30. The number of hydrogen-bond donors (Lipinski definition) is 0. The van der Waals surface area contributed by atoms with Crippen LogP contribution in [0, 0.1) is 0 Å². The Morgan fingerprint density at radius 3 is 2.46 bits per heavy atom. The number of nitrogens with zero attached hydrogens (tertiary/aromatic N) is 4. The fourth-order valence-electron chi connectivity index (χ4n) is 2.25. The molecule has 0 amide bonds. The van der Waals surface area contributed by atoms with Crippen LogP contribution < -0.4 is 0 Å². The van der Waals surface area contributed by atoms with Gasteiger partial charge in [0.05, 0.1) is 5.69 Å². The molecule has 24 heavy (non-hydrogen) atoms. The summed E-state index contributed by atoms with van der Waals surface area (Å²) >= 11 is 17.8. The molecule has 0 N–H and O–H groups in total. The van der Waals surface area contributed by atoms with Crippen molar-refractivity contribution in [3.05, 3.63) is 68.9 Å². The molecule has 0 aliphatic heterocycles. The summed E-state index contributed by atoms with van der Waals surface area (Å²) < 4.78 is 1.56. The third-order valence-electron chi connectivity index (χ3n) is 3.35. The first-order valence-electron chi connectivity index (χ1n) is 7.05. The van der Waals surface area contributed by atoms with Gasteiger partial charge in [-0.1, -0.05) is 40.9 Å². The fraction of sp³-hybridized carbons (Fsp3) is 0.125. The van der Waals surface area contributed by atoms with Crippen LogP contribution in [-0.2, 0) is 6.42 Å². The standard InChI is InChI=1S/C16H11Cl3N4O/c17-11-2-1-3-14(9-11)23-16(20-21-22-23)5-4-15(24)10-6-12(18)8-13(19)7-10/h1-3,6-9H,4-5H2. The lowest BCUT2D eigenvalue weighted by Gasteiger charge is -2.05. The van der Waals surface area contributed by atoms with Crippen molar-refractivity contribution in [1.29, 1.82) is 0 Å². The van der Waals surface area contributed by atoms with E-state index in [0.29, 0.717) is 32.9 Å². The highest BCUT2D eigenvalue weighted by Gasteiger charge is 2.13. The Bertz CT molecular complexity index is 874. The minimum Gasteiger partial charge on any atom is -0.294 e. The number of carbonyl (C=O) groups is 1. The molecule has 0 unspecified atom stereocenters. The van der Waals surface area contributed by atoms with Gasteiger partial charge in [-0.2, -0.15) is 4.68 Å². The van der Waals surface area contributed by atoms with E-state index >= 15 is 0 Å². The predicted molar refractivity (Wildman–Crippen MR) is 93.3 cm³/mol. The van der Waals surface area contributed by atoms with E-state index in [4.69, 9.17) is 34.8 Å². The monoisotopic (exact) mass is 380 g/mol. The number of Topliss-reactive ketones (excluding diaryl/α,β-unsaturated/α-hetero) is 1. The van der Waals surface area contributed by atoms with Gasteiger partial charge < -0.3 is 0 Å². The zero-order chi connectivity index (χ0) is 17.1. The van der Waals surface area contributed by atoms with Crippen LogP contribution in [-0.4, -0.2) is 26.0 Å². The molecule has 0 atom stereocenters. The van der Waals surface area contributed by atoms with Gasteiger partial charge in [-0.3, -0.25) is 4.79 Å². The maximum Gasteiger partial charge on any atom is 0.163 e. The van der Waals surface area contributed by atoms with E-state index in [0.717, 1.165) is 5.69 Å². The second-order valence-electron chi connectivity index (χ2n) is 5.07. The number of halogens is 3. The van der Waals surface area contributed by atoms with Crippen LogP contribution >= 0.6 is 34.8 Å². The van der Waals surface area contributed by atoms with Crippen molar-refractivity contribution >= 4 is 40.6 Å². The molecule has 5 nitrogen and oxygen atoms in total. The largest absolute Gasteiger partial charge is 0.294 e. The molecule has 1 aromatic heterocycles. The summed E-state index contributed by atoms with van der Waals surface area (Å²) in [4.78, 5) is 12.3. The van der Waals surface area contributed by atoms with E-state index in [1.807, 2.05) is 12.1 Å². The van der Waals surface area contributed by atoms with Crippen LogP contribution in [0.3, 0.4) is 0 Å². The predicted octanol–water partition coefficient (Wildman–Crippen LogP) is 4.44. The summed E-state index contributed by atoms with van der Waals surface area (Å²) in [5.41, 5.74) is 1.20. The smallest absolute Gasteiger partial charge is 0.163 e. The summed E-state index contributed by atoms with van der Waals surface area (Å²) in [6.07, 6.45) is 0.611. The SMILES string of the molecule is O=C(CCc1nnnn1-c1cccc(Cl)c1)c1cc(Cl)cc(Cl)c1. The lowest BCUT2D eigenvalue weighted by molar-refractivity contribution is 0.0982. The highest BCUT2D eigenvalue weighted by molar-refractivity contribution is 6.35. The Hall–Kier alpha value is -1.95. The first-order chi connectivity index (χ1) is 11.5. The maximum atomic E-state index is 12.3. The molecule has 0 fully saturated rings. The first kappa shape index (κ1) is 16.9. The third kappa shape index (κ3) is 3.93. The summed E-state index contributed by atoms with van der Waals surface area (Å²) in [5.74, 6) is 0.485. The minimum atomic E-state index is -0.0833. The van der Waals surface area contributed by atoms with Crippen molar-refractivity contribution in [3.63, 3.8) is 0 Å². The van der Waals surface area contributed by atoms with Gasteiger partial charge in [0.2, 0.25) is 0 Å². The van der Waals surface area contributed by atoms with Crippen molar-refractivity contribution in [2.24, 2.45) is 0 Å². The third-order valence-corrected chi connectivity index (χ3v) is 4.02. The molecule has 0 saturated carbocycles. The topological polar surface area (TPSA) is 60.7 Å². The van der Waals surface area contributed by atoms with Crippen LogP contribution in [0.4, 0.5) is 0 Å². The van der Waals surface area contributed by atoms with Gasteiger partial charge in [0.25, 0.3) is 0 Å². The molecule has 1 heterocycles. The number of carbonyl (C=O) groups excluding carboxylic acids is 1. The van der Waals surface area contributed by atoms with E-state index in [-0.39, 0.29) is 12.2 Å². The van der Waals surface area contributed by atoms with E-state index in [1.165, 1.54) is 0 Å². The Labute approximate surface area is 153 Å². The van der Waals surface area contributed by atoms with Crippen molar-refractivity contribution in [2.75, 3.05) is 0 Å². The second-order valence-corrected chi connectivity index (χ2v) is 6.38. The molecule has 0 radical (unpaired) electrons. The lowest BCUT2D eigenvalue weighted by Crippen LogP contribution is -2.07. The molecule has 0 bridgehead atoms. The zero-order valence-corrected chi connectivity index (χ0v) is 14.6. The molecule has 122 valence electrons. The van der Waals surface area contributed by atoms with Crippen LogP contribution in [0.5, 0.6) is 0 Å². The van der Waals surface area contributed by atoms with E-state index in [9.17, 15) is 4.79 Å². The van der Waals surface area contributed by atoms with Gasteiger partial charge in [-0.25, -0.2) is 0 Å². The molecular formula is C16H11Cl3N4O. The van der Waals surface area contributed by atoms with Crippen molar-refractivity contribution < 1.29 is 4.79 Å². The van der Waals surface area contributed by atoms with E-state index in [1.54, 1.807) is 35.0 Å². The van der Waals surface area contributed by atoms with Crippen LogP contribution in [0.25, 0.3) is 5.69 Å². The van der Waals surface area contributed by atoms with Gasteiger partial charge in [0.1, 0.15) is 0 Å². The molecule has 3 aromatic rings. The van der Waals surface area contributed by atoms with E-state index in [2.05, 4.69) is 15.5 Å². The van der Waals surface area contributed by atoms with Gasteiger partial charge in [-0.15, -0.1) is 5.10 Å². The molecule has 8 heteroatoms. The Morgan fingerprint density at radius 1 is 1.00 bits per heavy atom. The molecule has 0 aliphatic carbocycles. The normalized spacial score (nSPS) is 10.8. The van der Waals surface area contributed by atoms with E-state index < -0.39 is 0 Å². The van der Waals surface area contributed by atoms with Crippen LogP contribution in [0.1, 0.15) is 22.6 Å². The highest BCUT2D eigenvalue weighted by Crippen LogP contribution is 2.21. The first-order valence-corrected chi connectivity index (χ1v) is 8.19. The molecule has 0 spiro atoms. The summed E-state index contributed by atoms with van der Waals surface area (Å²) in [6.45, 7) is 0. The zero-order valence-electron chi connectivity index (χ0n) is 12.3. The summed E-state index contributed by atoms with van der Waals surface area (Å²) in [6, 6.07) is 11.9. The van der Waals surface area contributed by atoms with Gasteiger partial charge in [-0.05, 0) is 46.8 Å². The number of aryl methyl sites for hydroxylation is 1. The quantitative estimate of drug-likeness (QED) is 0.613. The number of hydrogen-bond acceptors (Lipinski definition) is 4. The van der Waals surface area contributed by atoms with Crippen molar-refractivity contribution in [1.82, 2.24) is 20.2 Å². The number of tetrazole rings is 1. The Balaban J connectivity index is 1.76. The molecular weight excluding hydrogens is 371 g/mol. The Kier molecular flexibility index (Phi) is 5.14. The maximum absolute atomic E-state index is 12.3. The average Bonchev–Trinajstić information content (AvgIpc) is 3.00. The van der Waals surface area contributed by atoms with Crippen LogP contribution in [0.2, 0.25) is 15.1 Å². The Morgan fingerprint density at radius 2 is 1.75 bits per heavy atom. The van der Waals surface area contributed by atoms with Crippen LogP contribution in [0.15, 0.2) is 42.5 Å². The highest BCUT2D eigenvalue weighted by atomic mass is 35.5. The van der Waals surface area contributed by atoms with Gasteiger partial charge in [0, 0.05) is 33.5 Å². The summed E-state index contributed by atoms with van der Waals surface area (Å²) in [5, 5.41) is 13.0. The lowest BCUT2D eigenvalue weighted by atomic mass is 10.1. The van der Waals surface area contributed by atoms with Crippen molar-refractivity contribution in [3.8, 4) is 5.69 Å². The summed E-state index contributed by atoms with van der Waals surface area (Å²) in [7, 11) is 0. The minimum absolute atomic E-state index is 0.0833. The molecule has 3 rings (SSSR count). The number of aromatic nitrogens is 4. The fourth-order valence-corrected chi connectivity index (χ4v) is 2.97. The number of rotatable bonds is 5. The molecule has 0 aliphatic rings. The number of ketones is 1. The van der Waals surface area contributed by atoms with Gasteiger partial charge in [0.15, 0.2) is 11.6 Å². The average molecular weight is 382 g/mol. The van der Waals surface area contributed by atoms with Crippen molar-refractivity contribution in [2.45, 2.75) is 12.8 Å².